The summed E-state index contributed by atoms with van der Waals surface area (Å²) in [5.41, 5.74) is 0. The van der Waals surface area contributed by atoms with E-state index in [1.54, 1.807) is 0 Å². The molecule has 0 rings (SSSR count). The predicted molar refractivity (Wildman–Crippen MR) is 24.9 cm³/mol. The Bertz CT molecular complexity index is 138. The molecule has 0 aliphatic heterocycles. The van der Waals surface area contributed by atoms with Crippen molar-refractivity contribution in [1.29, 1.82) is 0 Å². The van der Waals surface area contributed by atoms with Crippen LogP contribution in [0, 0.1) is 5.92 Å². The minimum atomic E-state index is -1.37. The number of carbonyl (C=O) groups excluding carboxylic acids is 2. The molecule has 0 N–H and O–H groups in total. The van der Waals surface area contributed by atoms with Gasteiger partial charge in [-0.05, 0) is 6.42 Å². The molecule has 0 amide bonds. The van der Waals surface area contributed by atoms with Crippen molar-refractivity contribution in [2.45, 2.75) is 13.3 Å². The second-order valence-electron chi connectivity index (χ2n) is 1.80. The van der Waals surface area contributed by atoms with E-state index in [1.165, 1.54) is 6.92 Å². The third-order valence-electron chi connectivity index (χ3n) is 0.875. The molecular weight excluding hydrogens is 131 g/mol. The van der Waals surface area contributed by atoms with E-state index >= 15 is 0 Å². The molecule has 4 nitrogen and oxygen atoms in total. The second kappa shape index (κ2) is 5.33. The Morgan fingerprint density at radius 1 is 1.50 bits per heavy atom. The van der Waals surface area contributed by atoms with Crippen LogP contribution in [0.5, 0.6) is 0 Å². The van der Waals surface area contributed by atoms with E-state index in [-0.39, 0.29) is 20.3 Å². The standard InChI is InChI=1S/C5H8O4.Li/c1-3(5(8)9)2-4(6)7;/h3H,2H2,1H3,(H,6,7)(H,8,9);/q;+1/p-1. The zero-order chi connectivity index (χ0) is 7.44. The Morgan fingerprint density at radius 3 is 2.00 bits per heavy atom. The van der Waals surface area contributed by atoms with Crippen LogP contribution in [0.25, 0.3) is 0 Å². The van der Waals surface area contributed by atoms with E-state index in [2.05, 4.69) is 0 Å². The van der Waals surface area contributed by atoms with Gasteiger partial charge in [0.1, 0.15) is 0 Å². The van der Waals surface area contributed by atoms with Crippen molar-refractivity contribution in [3.8, 4) is 0 Å². The molecule has 52 valence electrons. The van der Waals surface area contributed by atoms with Gasteiger partial charge in [0.2, 0.25) is 0 Å². The number of aliphatic carboxylic acids is 2. The molecule has 0 aromatic carbocycles. The van der Waals surface area contributed by atoms with Crippen molar-refractivity contribution < 1.29 is 40.1 Å². The van der Waals surface area contributed by atoms with Gasteiger partial charge < -0.3 is 19.8 Å². The fourth-order valence-corrected chi connectivity index (χ4v) is 0.333. The molecule has 5 heteroatoms. The molecule has 0 saturated heterocycles. The zero-order valence-corrected chi connectivity index (χ0v) is 5.92. The maximum Gasteiger partial charge on any atom is 1.00 e. The number of hydrogen-bond acceptors (Lipinski definition) is 4. The summed E-state index contributed by atoms with van der Waals surface area (Å²) in [6, 6.07) is 0. The average molecular weight is 138 g/mol. The van der Waals surface area contributed by atoms with Crippen molar-refractivity contribution >= 4 is 11.9 Å². The van der Waals surface area contributed by atoms with Crippen LogP contribution in [-0.2, 0) is 9.59 Å². The normalized spacial score (nSPS) is 11.3. The predicted octanol–water partition coefficient (Wildman–Crippen LogP) is -5.37. The van der Waals surface area contributed by atoms with Crippen molar-refractivity contribution in [3.05, 3.63) is 0 Å². The van der Waals surface area contributed by atoms with E-state index in [1.807, 2.05) is 0 Å². The first-order valence-electron chi connectivity index (χ1n) is 2.44. The second-order valence-corrected chi connectivity index (χ2v) is 1.80. The van der Waals surface area contributed by atoms with Crippen LogP contribution < -0.4 is 29.1 Å². The molecule has 0 heterocycles. The fourth-order valence-electron chi connectivity index (χ4n) is 0.333. The fraction of sp³-hybridized carbons (Fsp3) is 0.600. The molecule has 1 unspecified atom stereocenters. The van der Waals surface area contributed by atoms with Crippen LogP contribution in [-0.4, -0.2) is 11.9 Å². The van der Waals surface area contributed by atoms with Crippen LogP contribution in [0.4, 0.5) is 0 Å². The molecular formula is C5H7LiO4. The van der Waals surface area contributed by atoms with E-state index in [0.29, 0.717) is 0 Å². The number of carboxylic acid groups (broad SMARTS) is 2. The van der Waals surface area contributed by atoms with Gasteiger partial charge in [-0.15, -0.1) is 0 Å². The minimum absolute atomic E-state index is 0. The third-order valence-corrected chi connectivity index (χ3v) is 0.875. The van der Waals surface area contributed by atoms with Crippen LogP contribution in [0.2, 0.25) is 0 Å². The van der Waals surface area contributed by atoms with Gasteiger partial charge >= 0.3 is 20.3 Å². The third kappa shape index (κ3) is 5.67. The van der Waals surface area contributed by atoms with Crippen LogP contribution >= 0.6 is 0 Å². The van der Waals surface area contributed by atoms with E-state index in [4.69, 9.17) is 0 Å². The van der Waals surface area contributed by atoms with Crippen molar-refractivity contribution in [2.75, 3.05) is 0 Å². The van der Waals surface area contributed by atoms with Gasteiger partial charge in [0, 0.05) is 17.9 Å². The first kappa shape index (κ1) is 12.2. The van der Waals surface area contributed by atoms with Gasteiger partial charge in [-0.1, -0.05) is 6.92 Å². The zero-order valence-electron chi connectivity index (χ0n) is 6.92. The van der Waals surface area contributed by atoms with E-state index < -0.39 is 24.3 Å². The number of hydrogen-bond donors (Lipinski definition) is 0. The quantitative estimate of drug-likeness (QED) is 0.364. The van der Waals surface area contributed by atoms with Crippen LogP contribution in [0.1, 0.15) is 14.8 Å². The molecule has 0 bridgehead atoms. The van der Waals surface area contributed by atoms with Crippen LogP contribution in [0.3, 0.4) is 0 Å². The Hall–Kier alpha value is -0.463. The first-order valence-corrected chi connectivity index (χ1v) is 2.44. The van der Waals surface area contributed by atoms with Gasteiger partial charge in [0.15, 0.2) is 0 Å². The average Bonchev–Trinajstić information content (AvgIpc) is 1.63. The van der Waals surface area contributed by atoms with Crippen LogP contribution in [0.15, 0.2) is 0 Å². The summed E-state index contributed by atoms with van der Waals surface area (Å²) in [5.74, 6) is -3.69. The van der Waals surface area contributed by atoms with Gasteiger partial charge in [-0.25, -0.2) is 0 Å². The van der Waals surface area contributed by atoms with E-state index in [9.17, 15) is 19.8 Å². The smallest absolute Gasteiger partial charge is 0.550 e. The summed E-state index contributed by atoms with van der Waals surface area (Å²) < 4.78 is 0. The van der Waals surface area contributed by atoms with Crippen molar-refractivity contribution in [1.82, 2.24) is 0 Å². The van der Waals surface area contributed by atoms with Crippen molar-refractivity contribution in [3.63, 3.8) is 0 Å². The van der Waals surface area contributed by atoms with Gasteiger partial charge in [0.25, 0.3) is 0 Å². The van der Waals surface area contributed by atoms with Gasteiger partial charge in [0.05, 0.1) is 0 Å². The summed E-state index contributed by atoms with van der Waals surface area (Å²) in [5, 5.41) is 19.5. The molecule has 0 radical (unpaired) electrons. The van der Waals surface area contributed by atoms with E-state index in [0.717, 1.165) is 0 Å². The summed E-state index contributed by atoms with van der Waals surface area (Å²) in [6.07, 6.45) is -0.484. The monoisotopic (exact) mass is 138 g/mol. The summed E-state index contributed by atoms with van der Waals surface area (Å²) in [6.45, 7) is 1.26. The topological polar surface area (TPSA) is 80.3 Å². The SMILES string of the molecule is CC(CC(=O)[O-])C(=O)[O-].[H+].[Li+]. The minimum Gasteiger partial charge on any atom is -0.550 e. The summed E-state index contributed by atoms with van der Waals surface area (Å²) in [4.78, 5) is 19.5. The summed E-state index contributed by atoms with van der Waals surface area (Å²) >= 11 is 0. The summed E-state index contributed by atoms with van der Waals surface area (Å²) in [7, 11) is 0. The first-order chi connectivity index (χ1) is 4.04. The maximum atomic E-state index is 9.83. The molecule has 0 aromatic heterocycles. The molecule has 0 saturated carbocycles. The molecule has 0 spiro atoms. The Balaban J connectivity index is -0.000000320. The van der Waals surface area contributed by atoms with Crippen molar-refractivity contribution in [2.24, 2.45) is 5.92 Å². The molecule has 0 aliphatic carbocycles. The van der Waals surface area contributed by atoms with Gasteiger partial charge in [-0.2, -0.15) is 0 Å². The Morgan fingerprint density at radius 2 is 1.90 bits per heavy atom. The van der Waals surface area contributed by atoms with Gasteiger partial charge in [-0.3, -0.25) is 0 Å². The Kier molecular flexibility index (Phi) is 6.52. The number of carbonyl (C=O) groups is 2. The number of rotatable bonds is 3. The molecule has 0 aliphatic rings. The molecule has 0 fully saturated rings. The number of carboxylic acids is 2. The molecule has 10 heavy (non-hydrogen) atoms. The molecule has 0 aromatic rings. The molecule has 1 atom stereocenters. The Labute approximate surface area is 71.9 Å². The maximum absolute atomic E-state index is 9.83. The largest absolute Gasteiger partial charge is 1.00 e.